The number of rotatable bonds is 4. The maximum absolute atomic E-state index is 6.55. The number of hydrogen-bond donors (Lipinski definition) is 4. The van der Waals surface area contributed by atoms with E-state index in [4.69, 9.17) is 21.6 Å². The fourth-order valence-electron chi connectivity index (χ4n) is 5.27. The molecule has 3 aromatic carbocycles. The fraction of sp³-hybridized carbons (Fsp3) is 0.259. The van der Waals surface area contributed by atoms with Gasteiger partial charge in [-0.05, 0) is 71.7 Å². The van der Waals surface area contributed by atoms with Gasteiger partial charge in [0.05, 0.1) is 23.1 Å². The van der Waals surface area contributed by atoms with Gasteiger partial charge in [0.25, 0.3) is 0 Å². The molecule has 0 aliphatic carbocycles. The molecule has 176 valence electrons. The Bertz CT molecular complexity index is 1540. The molecule has 2 saturated heterocycles. The monoisotopic (exact) mass is 500 g/mol. The van der Waals surface area contributed by atoms with Crippen molar-refractivity contribution in [1.29, 1.82) is 0 Å². The third-order valence-electron chi connectivity index (χ3n) is 7.17. The summed E-state index contributed by atoms with van der Waals surface area (Å²) in [7, 11) is 0.935. The van der Waals surface area contributed by atoms with Crippen LogP contribution >= 0.6 is 20.2 Å². The summed E-state index contributed by atoms with van der Waals surface area (Å²) in [4.78, 5) is 16.5. The first kappa shape index (κ1) is 21.5. The van der Waals surface area contributed by atoms with Gasteiger partial charge in [-0.2, -0.15) is 0 Å². The van der Waals surface area contributed by atoms with E-state index in [1.165, 1.54) is 28.3 Å². The van der Waals surface area contributed by atoms with Crippen molar-refractivity contribution in [2.45, 2.75) is 24.9 Å². The number of fused-ring (bicyclic) bond motifs is 2. The van der Waals surface area contributed by atoms with Crippen LogP contribution in [0.15, 0.2) is 54.6 Å². The molecule has 0 radical (unpaired) electrons. The summed E-state index contributed by atoms with van der Waals surface area (Å²) in [6, 6.07) is 20.2. The van der Waals surface area contributed by atoms with Gasteiger partial charge in [-0.1, -0.05) is 41.9 Å². The Labute approximate surface area is 210 Å². The topological polar surface area (TPSA) is 81.4 Å². The van der Waals surface area contributed by atoms with Gasteiger partial charge in [-0.15, -0.1) is 8.58 Å². The predicted molar refractivity (Wildman–Crippen MR) is 146 cm³/mol. The normalized spacial score (nSPS) is 21.1. The second-order valence-corrected chi connectivity index (χ2v) is 11.1. The minimum absolute atomic E-state index is 0.278. The number of aromatic nitrogens is 4. The van der Waals surface area contributed by atoms with Gasteiger partial charge in [0.1, 0.15) is 22.5 Å². The second-order valence-electron chi connectivity index (χ2n) is 9.45. The summed E-state index contributed by atoms with van der Waals surface area (Å²) in [5.41, 5.74) is 6.33. The lowest BCUT2D eigenvalue weighted by Crippen LogP contribution is -2.15. The summed E-state index contributed by atoms with van der Waals surface area (Å²) >= 11 is 6.55. The van der Waals surface area contributed by atoms with Crippen molar-refractivity contribution in [2.24, 2.45) is 0 Å². The van der Waals surface area contributed by atoms with Crippen LogP contribution in [-0.2, 0) is 0 Å². The molecule has 0 amide bonds. The van der Waals surface area contributed by atoms with Gasteiger partial charge in [0, 0.05) is 11.8 Å². The molecule has 0 bridgehead atoms. The van der Waals surface area contributed by atoms with Crippen LogP contribution in [0, 0.1) is 0 Å². The summed E-state index contributed by atoms with van der Waals surface area (Å²) in [5, 5.41) is 9.99. The molecule has 4 heterocycles. The number of H-pyrrole nitrogens is 2. The zero-order chi connectivity index (χ0) is 23.4. The van der Waals surface area contributed by atoms with E-state index in [1.54, 1.807) is 0 Å². The van der Waals surface area contributed by atoms with Crippen LogP contribution in [0.2, 0.25) is 5.15 Å². The largest absolute Gasteiger partial charge is 0.341 e. The average molecular weight is 501 g/mol. The van der Waals surface area contributed by atoms with Crippen LogP contribution in [0.5, 0.6) is 0 Å². The van der Waals surface area contributed by atoms with Crippen molar-refractivity contribution >= 4 is 42.0 Å². The quantitative estimate of drug-likeness (QED) is 0.224. The van der Waals surface area contributed by atoms with Crippen molar-refractivity contribution in [3.63, 3.8) is 0 Å². The zero-order valence-electron chi connectivity index (χ0n) is 19.2. The number of hydrogen-bond acceptors (Lipinski definition) is 4. The van der Waals surface area contributed by atoms with Crippen LogP contribution in [0.25, 0.3) is 44.2 Å². The molecule has 2 fully saturated rings. The molecular weight excluding hydrogens is 475 g/mol. The molecule has 2 aliphatic rings. The van der Waals surface area contributed by atoms with Crippen molar-refractivity contribution in [1.82, 2.24) is 30.6 Å². The first-order valence-electron chi connectivity index (χ1n) is 12.2. The van der Waals surface area contributed by atoms with Crippen molar-refractivity contribution in [3.8, 4) is 22.4 Å². The lowest BCUT2D eigenvalue weighted by Gasteiger charge is -2.07. The van der Waals surface area contributed by atoms with Crippen LogP contribution in [0.3, 0.4) is 0 Å². The first-order valence-corrected chi connectivity index (χ1v) is 14.0. The van der Waals surface area contributed by atoms with E-state index in [9.17, 15) is 0 Å². The molecule has 2 aromatic heterocycles. The second kappa shape index (κ2) is 8.72. The molecule has 0 spiro atoms. The number of benzene rings is 3. The molecule has 6 nitrogen and oxygen atoms in total. The Morgan fingerprint density at radius 2 is 1.57 bits per heavy atom. The molecule has 1 unspecified atom stereocenters. The van der Waals surface area contributed by atoms with Gasteiger partial charge < -0.3 is 20.6 Å². The van der Waals surface area contributed by atoms with Crippen molar-refractivity contribution in [3.05, 3.63) is 71.4 Å². The van der Waals surface area contributed by atoms with Crippen LogP contribution in [0.4, 0.5) is 0 Å². The standard InChI is InChI=1S/C27H26ClN6P/c28-25-24(33-27(34-25)23-13-35-14-30-23)19-6-5-15-10-16(3-4-17(15)11-19)18-7-8-20-22(12-18)32-26(31-20)21-2-1-9-29-21/h3-8,10-12,21,23,29-30,35H,1-2,9,13-14H2,(H,31,32)(H,33,34)/t21-,23-/m0/s1. The minimum atomic E-state index is 0.278. The van der Waals surface area contributed by atoms with Gasteiger partial charge in [-0.25, -0.2) is 9.97 Å². The van der Waals surface area contributed by atoms with E-state index >= 15 is 0 Å². The number of nitrogens with zero attached hydrogens (tertiary/aromatic N) is 2. The van der Waals surface area contributed by atoms with Crippen LogP contribution in [-0.4, -0.2) is 38.9 Å². The highest BCUT2D eigenvalue weighted by Crippen LogP contribution is 2.34. The number of aromatic amines is 2. The Hall–Kier alpha value is -2.76. The highest BCUT2D eigenvalue weighted by atomic mass is 35.5. The Kier molecular flexibility index (Phi) is 5.36. The fourth-order valence-corrected chi connectivity index (χ4v) is 6.68. The van der Waals surface area contributed by atoms with E-state index in [-0.39, 0.29) is 6.04 Å². The predicted octanol–water partition coefficient (Wildman–Crippen LogP) is 6.13. The zero-order valence-corrected chi connectivity index (χ0v) is 20.9. The highest BCUT2D eigenvalue weighted by Gasteiger charge is 2.22. The van der Waals surface area contributed by atoms with Crippen LogP contribution < -0.4 is 10.6 Å². The molecule has 0 saturated carbocycles. The Balaban J connectivity index is 1.20. The van der Waals surface area contributed by atoms with Crippen LogP contribution in [0.1, 0.15) is 36.6 Å². The van der Waals surface area contributed by atoms with Crippen molar-refractivity contribution < 1.29 is 0 Å². The number of halogens is 1. The molecule has 7 rings (SSSR count). The smallest absolute Gasteiger partial charge is 0.134 e. The molecule has 5 aromatic rings. The third kappa shape index (κ3) is 3.95. The third-order valence-corrected chi connectivity index (χ3v) is 8.59. The van der Waals surface area contributed by atoms with E-state index in [1.807, 2.05) is 0 Å². The first-order chi connectivity index (χ1) is 17.2. The van der Waals surface area contributed by atoms with Gasteiger partial charge >= 0.3 is 0 Å². The number of imidazole rings is 2. The van der Waals surface area contributed by atoms with Gasteiger partial charge in [-0.3, -0.25) is 0 Å². The van der Waals surface area contributed by atoms with E-state index in [2.05, 4.69) is 75.2 Å². The van der Waals surface area contributed by atoms with E-state index in [0.29, 0.717) is 11.2 Å². The van der Waals surface area contributed by atoms with E-state index in [0.717, 1.165) is 67.9 Å². The molecule has 4 N–H and O–H groups in total. The van der Waals surface area contributed by atoms with Gasteiger partial charge in [0.15, 0.2) is 0 Å². The maximum atomic E-state index is 6.55. The molecule has 3 atom stereocenters. The lowest BCUT2D eigenvalue weighted by molar-refractivity contribution is 0.614. The van der Waals surface area contributed by atoms with Crippen molar-refractivity contribution in [2.75, 3.05) is 19.0 Å². The van der Waals surface area contributed by atoms with Gasteiger partial charge in [0.2, 0.25) is 0 Å². The average Bonchev–Trinajstić information content (AvgIpc) is 3.69. The molecule has 8 heteroatoms. The lowest BCUT2D eigenvalue weighted by atomic mass is 9.99. The maximum Gasteiger partial charge on any atom is 0.134 e. The minimum Gasteiger partial charge on any atom is -0.341 e. The summed E-state index contributed by atoms with van der Waals surface area (Å²) in [6.45, 7) is 1.07. The Morgan fingerprint density at radius 1 is 0.800 bits per heavy atom. The summed E-state index contributed by atoms with van der Waals surface area (Å²) < 4.78 is 0. The summed E-state index contributed by atoms with van der Waals surface area (Å²) in [5.74, 6) is 1.98. The number of nitrogens with one attached hydrogen (secondary N) is 4. The molecule has 2 aliphatic heterocycles. The SMILES string of the molecule is Clc1[nH]c([C@@H]2CPCN2)nc1-c1ccc2cc(-c3ccc4nc([C@@H]5CCCN5)[nH]c4c3)ccc2c1. The summed E-state index contributed by atoms with van der Waals surface area (Å²) in [6.07, 6.45) is 4.52. The molecular formula is C27H26ClN6P. The highest BCUT2D eigenvalue weighted by molar-refractivity contribution is 7.38. The Morgan fingerprint density at radius 3 is 2.37 bits per heavy atom. The molecule has 35 heavy (non-hydrogen) atoms. The van der Waals surface area contributed by atoms with E-state index < -0.39 is 0 Å².